The van der Waals surface area contributed by atoms with Gasteiger partial charge in [0.2, 0.25) is 0 Å². The van der Waals surface area contributed by atoms with Gasteiger partial charge in [0, 0.05) is 18.5 Å². The van der Waals surface area contributed by atoms with Crippen LogP contribution < -0.4 is 15.4 Å². The molecule has 0 aliphatic carbocycles. The zero-order valence-corrected chi connectivity index (χ0v) is 21.6. The van der Waals surface area contributed by atoms with Gasteiger partial charge < -0.3 is 10.1 Å². The summed E-state index contributed by atoms with van der Waals surface area (Å²) >= 11 is 0. The normalized spacial score (nSPS) is 19.6. The van der Waals surface area contributed by atoms with Gasteiger partial charge in [-0.2, -0.15) is 5.06 Å². The number of rotatable bonds is 7. The highest BCUT2D eigenvalue weighted by atomic mass is 32.2. The van der Waals surface area contributed by atoms with Gasteiger partial charge in [-0.1, -0.05) is 36.4 Å². The number of hydrogen-bond donors (Lipinski definition) is 3. The minimum absolute atomic E-state index is 0.0574. The fraction of sp³-hybridized carbons (Fsp3) is 0.385. The Kier molecular flexibility index (Phi) is 8.45. The predicted octanol–water partition coefficient (Wildman–Crippen LogP) is 3.13. The van der Waals surface area contributed by atoms with Crippen LogP contribution in [0.1, 0.15) is 35.2 Å². The zero-order chi connectivity index (χ0) is 28.3. The van der Waals surface area contributed by atoms with Gasteiger partial charge in [0.1, 0.15) is 11.1 Å². The summed E-state index contributed by atoms with van der Waals surface area (Å²) in [5.74, 6) is -3.45. The molecule has 4 rings (SSSR count). The monoisotopic (exact) mass is 567 g/mol. The third kappa shape index (κ3) is 6.85. The lowest BCUT2D eigenvalue weighted by Gasteiger charge is -2.38. The summed E-state index contributed by atoms with van der Waals surface area (Å²) in [6.07, 6.45) is -2.72. The molecule has 2 amide bonds. The van der Waals surface area contributed by atoms with Gasteiger partial charge in [-0.3, -0.25) is 20.1 Å². The first-order valence-corrected chi connectivity index (χ1v) is 14.0. The zero-order valence-electron chi connectivity index (χ0n) is 20.8. The van der Waals surface area contributed by atoms with Crippen LogP contribution in [0.3, 0.4) is 0 Å². The summed E-state index contributed by atoms with van der Waals surface area (Å²) < 4.78 is 68.2. The van der Waals surface area contributed by atoms with E-state index < -0.39 is 50.3 Å². The molecule has 3 N–H and O–H groups in total. The van der Waals surface area contributed by atoms with Crippen molar-refractivity contribution in [1.82, 2.24) is 15.7 Å². The molecule has 2 heterocycles. The Morgan fingerprint density at radius 1 is 1.05 bits per heavy atom. The minimum Gasteiger partial charge on any atom is -0.406 e. The van der Waals surface area contributed by atoms with Crippen molar-refractivity contribution in [3.05, 3.63) is 71.8 Å². The summed E-state index contributed by atoms with van der Waals surface area (Å²) in [5, 5.41) is 15.5. The molecule has 1 atom stereocenters. The van der Waals surface area contributed by atoms with E-state index in [1.807, 2.05) is 36.4 Å². The van der Waals surface area contributed by atoms with E-state index in [0.717, 1.165) is 35.4 Å². The van der Waals surface area contributed by atoms with E-state index >= 15 is 0 Å². The first kappa shape index (κ1) is 28.7. The molecule has 13 heteroatoms. The molecule has 2 aromatic carbocycles. The molecule has 39 heavy (non-hydrogen) atoms. The molecule has 0 aromatic heterocycles. The van der Waals surface area contributed by atoms with Crippen LogP contribution in [0, 0.1) is 5.41 Å². The van der Waals surface area contributed by atoms with Crippen LogP contribution in [0.25, 0.3) is 5.57 Å². The Morgan fingerprint density at radius 3 is 2.31 bits per heavy atom. The smallest absolute Gasteiger partial charge is 0.406 e. The summed E-state index contributed by atoms with van der Waals surface area (Å²) in [6, 6.07) is 13.0. The van der Waals surface area contributed by atoms with E-state index in [2.05, 4.69) is 15.4 Å². The first-order valence-electron chi connectivity index (χ1n) is 12.2. The molecule has 2 aliphatic rings. The topological polar surface area (TPSA) is 125 Å². The molecule has 1 saturated heterocycles. The van der Waals surface area contributed by atoms with Crippen molar-refractivity contribution in [2.45, 2.75) is 31.0 Å². The third-order valence-electron chi connectivity index (χ3n) is 6.89. The van der Waals surface area contributed by atoms with Gasteiger partial charge in [0.25, 0.3) is 11.8 Å². The number of nitrogens with zero attached hydrogens (tertiary/aromatic N) is 1. The Hall–Kier alpha value is -3.26. The van der Waals surface area contributed by atoms with Gasteiger partial charge >= 0.3 is 6.36 Å². The van der Waals surface area contributed by atoms with E-state index in [0.29, 0.717) is 19.6 Å². The average Bonchev–Trinajstić information content (AvgIpc) is 2.92. The highest BCUT2D eigenvalue weighted by Crippen LogP contribution is 2.36. The third-order valence-corrected chi connectivity index (χ3v) is 9.04. The molecule has 1 unspecified atom stereocenters. The van der Waals surface area contributed by atoms with Crippen molar-refractivity contribution in [3.63, 3.8) is 0 Å². The molecular formula is C26H28F3N3O6S. The number of piperidine rings is 1. The largest absolute Gasteiger partial charge is 0.573 e. The van der Waals surface area contributed by atoms with E-state index in [4.69, 9.17) is 0 Å². The Balaban J connectivity index is 1.52. The average molecular weight is 568 g/mol. The van der Waals surface area contributed by atoms with Crippen molar-refractivity contribution in [2.75, 3.05) is 25.4 Å². The molecule has 0 bridgehead atoms. The van der Waals surface area contributed by atoms with Gasteiger partial charge in [-0.05, 0) is 61.3 Å². The fourth-order valence-corrected chi connectivity index (χ4v) is 7.03. The van der Waals surface area contributed by atoms with E-state index in [1.165, 1.54) is 0 Å². The molecule has 0 saturated carbocycles. The number of halogens is 3. The van der Waals surface area contributed by atoms with Crippen LogP contribution in [-0.4, -0.2) is 67.6 Å². The van der Waals surface area contributed by atoms with Crippen molar-refractivity contribution in [1.29, 1.82) is 0 Å². The second-order valence-electron chi connectivity index (χ2n) is 9.53. The fourth-order valence-electron chi connectivity index (χ4n) is 4.86. The van der Waals surface area contributed by atoms with E-state index in [-0.39, 0.29) is 29.9 Å². The summed E-state index contributed by atoms with van der Waals surface area (Å²) in [5.41, 5.74) is -0.112. The highest BCUT2D eigenvalue weighted by molar-refractivity contribution is 7.92. The van der Waals surface area contributed by atoms with Crippen molar-refractivity contribution in [3.8, 4) is 5.75 Å². The lowest BCUT2D eigenvalue weighted by Crippen LogP contribution is -2.55. The van der Waals surface area contributed by atoms with Crippen LogP contribution in [0.5, 0.6) is 5.75 Å². The number of carbonyl (C=O) groups is 2. The van der Waals surface area contributed by atoms with Crippen LogP contribution in [0.4, 0.5) is 13.2 Å². The standard InChI is InChI=1S/C26H28F3N3O6S/c27-26(28,29)38-21-8-6-19(7-9-21)23(33)32(35)24(34)25(11-14-30-15-12-25)17-39(36,37)22-16-20(10-13-31-22)18-4-2-1-3-5-18/h1-10,22,30-31,35H,11-17H2. The number of ether oxygens (including phenoxy) is 1. The quantitative estimate of drug-likeness (QED) is 0.265. The highest BCUT2D eigenvalue weighted by Gasteiger charge is 2.48. The number of imide groups is 1. The summed E-state index contributed by atoms with van der Waals surface area (Å²) in [7, 11) is -3.95. The van der Waals surface area contributed by atoms with Crippen molar-refractivity contribution < 1.29 is 41.1 Å². The van der Waals surface area contributed by atoms with Crippen LogP contribution >= 0.6 is 0 Å². The number of amides is 2. The molecule has 2 aliphatic heterocycles. The van der Waals surface area contributed by atoms with Crippen LogP contribution in [0.2, 0.25) is 0 Å². The second kappa shape index (κ2) is 11.5. The number of alkyl halides is 3. The second-order valence-corrected chi connectivity index (χ2v) is 11.7. The predicted molar refractivity (Wildman–Crippen MR) is 135 cm³/mol. The maximum atomic E-state index is 13.6. The number of hydrogen-bond acceptors (Lipinski definition) is 8. The number of sulfone groups is 1. The Labute approximate surface area is 223 Å². The number of hydroxylamine groups is 2. The molecule has 0 radical (unpaired) electrons. The van der Waals surface area contributed by atoms with Crippen LogP contribution in [-0.2, 0) is 14.6 Å². The van der Waals surface area contributed by atoms with E-state index in [1.54, 1.807) is 0 Å². The number of nitrogens with one attached hydrogen (secondary N) is 2. The van der Waals surface area contributed by atoms with Gasteiger partial charge in [0.15, 0.2) is 9.84 Å². The molecule has 2 aromatic rings. The molecule has 210 valence electrons. The van der Waals surface area contributed by atoms with Gasteiger partial charge in [-0.25, -0.2) is 8.42 Å². The Bertz CT molecular complexity index is 1320. The first-order chi connectivity index (χ1) is 18.4. The van der Waals surface area contributed by atoms with Gasteiger partial charge in [0.05, 0.1) is 11.2 Å². The maximum absolute atomic E-state index is 13.6. The number of benzene rings is 2. The molecular weight excluding hydrogens is 539 g/mol. The summed E-state index contributed by atoms with van der Waals surface area (Å²) in [4.78, 5) is 26.3. The Morgan fingerprint density at radius 2 is 1.69 bits per heavy atom. The summed E-state index contributed by atoms with van der Waals surface area (Å²) in [6.45, 7) is 0.898. The van der Waals surface area contributed by atoms with E-state index in [9.17, 15) is 36.4 Å². The molecule has 0 spiro atoms. The molecule has 9 nitrogen and oxygen atoms in total. The minimum atomic E-state index is -4.93. The number of carbonyl (C=O) groups excluding carboxylic acids is 2. The molecule has 1 fully saturated rings. The lowest BCUT2D eigenvalue weighted by atomic mass is 9.79. The lowest BCUT2D eigenvalue weighted by molar-refractivity contribution is -0.274. The SMILES string of the molecule is O=C(c1ccc(OC(F)(F)F)cc1)N(O)C(=O)C1(CS(=O)(=O)C2CC(c3ccccc3)=CCN2)CCNCC1. The van der Waals surface area contributed by atoms with Crippen molar-refractivity contribution >= 4 is 27.2 Å². The van der Waals surface area contributed by atoms with Crippen molar-refractivity contribution in [2.24, 2.45) is 5.41 Å². The maximum Gasteiger partial charge on any atom is 0.573 e. The van der Waals surface area contributed by atoms with Crippen LogP contribution in [0.15, 0.2) is 60.7 Å². The van der Waals surface area contributed by atoms with Gasteiger partial charge in [-0.15, -0.1) is 13.2 Å².